The van der Waals surface area contributed by atoms with E-state index in [0.717, 1.165) is 43.3 Å². The molecule has 1 aliphatic heterocycles. The third kappa shape index (κ3) is 3.24. The Morgan fingerprint density at radius 2 is 2.20 bits per heavy atom. The van der Waals surface area contributed by atoms with E-state index in [9.17, 15) is 15.2 Å². The van der Waals surface area contributed by atoms with E-state index in [2.05, 4.69) is 15.6 Å². The molecule has 2 fully saturated rings. The van der Waals surface area contributed by atoms with Crippen LogP contribution in [-0.2, 0) is 11.3 Å². The number of carbonyl (C=O) groups is 1. The van der Waals surface area contributed by atoms with E-state index in [1.54, 1.807) is 29.2 Å². The first kappa shape index (κ1) is 18.5. The van der Waals surface area contributed by atoms with Gasteiger partial charge in [-0.2, -0.15) is 5.26 Å². The van der Waals surface area contributed by atoms with Crippen LogP contribution in [0, 0.1) is 17.2 Å². The molecule has 1 N–H and O–H groups in total. The summed E-state index contributed by atoms with van der Waals surface area (Å²) in [6.07, 6.45) is 5.14. The molecule has 2 heterocycles. The van der Waals surface area contributed by atoms with E-state index < -0.39 is 5.60 Å². The lowest BCUT2D eigenvalue weighted by Gasteiger charge is -2.36. The maximum atomic E-state index is 12.6. The van der Waals surface area contributed by atoms with Crippen molar-refractivity contribution in [1.29, 1.82) is 5.26 Å². The molecule has 152 valence electrons. The van der Waals surface area contributed by atoms with E-state index in [1.165, 1.54) is 0 Å². The summed E-state index contributed by atoms with van der Waals surface area (Å²) in [6, 6.07) is 14.4. The van der Waals surface area contributed by atoms with E-state index in [-0.39, 0.29) is 11.8 Å². The number of amides is 1. The highest BCUT2D eigenvalue weighted by Crippen LogP contribution is 2.42. The Morgan fingerprint density at radius 3 is 3.03 bits per heavy atom. The first-order chi connectivity index (χ1) is 14.5. The standard InChI is InChI=1S/C23H22N4O3/c24-12-16-6-7-20-21(9-16)26(15-25-20)13-17-3-2-8-23(11-17)14-27(22(29)30-23)18-4-1-5-19(28)10-18/h1,4-7,9-10,15,17,28H,2-3,8,11,13-14H2/t17-,23-/m0/s1. The number of nitrogens with zero attached hydrogens (tertiary/aromatic N) is 4. The van der Waals surface area contributed by atoms with Gasteiger partial charge in [0, 0.05) is 12.6 Å². The van der Waals surface area contributed by atoms with Gasteiger partial charge < -0.3 is 14.4 Å². The Balaban J connectivity index is 1.35. The van der Waals surface area contributed by atoms with Crippen LogP contribution in [-0.4, -0.2) is 32.9 Å². The second-order valence-corrected chi connectivity index (χ2v) is 8.33. The maximum absolute atomic E-state index is 12.6. The molecule has 1 amide bonds. The predicted octanol–water partition coefficient (Wildman–Crippen LogP) is 4.20. The van der Waals surface area contributed by atoms with E-state index in [0.29, 0.717) is 23.7 Å². The van der Waals surface area contributed by atoms with Gasteiger partial charge in [0.05, 0.1) is 41.2 Å². The number of aromatic hydroxyl groups is 1. The number of phenolic OH excluding ortho intramolecular Hbond substituents is 1. The van der Waals surface area contributed by atoms with Gasteiger partial charge in [-0.05, 0) is 61.9 Å². The van der Waals surface area contributed by atoms with Crippen LogP contribution < -0.4 is 4.90 Å². The maximum Gasteiger partial charge on any atom is 0.415 e. The van der Waals surface area contributed by atoms with E-state index in [4.69, 9.17) is 4.74 Å². The van der Waals surface area contributed by atoms with Crippen molar-refractivity contribution in [2.45, 2.75) is 37.8 Å². The van der Waals surface area contributed by atoms with Crippen LogP contribution in [0.4, 0.5) is 10.5 Å². The summed E-state index contributed by atoms with van der Waals surface area (Å²) in [4.78, 5) is 18.7. The lowest BCUT2D eigenvalue weighted by atomic mass is 9.78. The van der Waals surface area contributed by atoms with Crippen molar-refractivity contribution in [2.75, 3.05) is 11.4 Å². The third-order valence-electron chi connectivity index (χ3n) is 6.22. The fourth-order valence-electron chi connectivity index (χ4n) is 4.87. The smallest absolute Gasteiger partial charge is 0.415 e. The summed E-state index contributed by atoms with van der Waals surface area (Å²) in [5.74, 6) is 0.477. The monoisotopic (exact) mass is 402 g/mol. The molecule has 1 saturated carbocycles. The molecule has 30 heavy (non-hydrogen) atoms. The number of fused-ring (bicyclic) bond motifs is 1. The molecule has 0 bridgehead atoms. The van der Waals surface area contributed by atoms with Gasteiger partial charge >= 0.3 is 6.09 Å². The number of hydrogen-bond acceptors (Lipinski definition) is 5. The van der Waals surface area contributed by atoms with Gasteiger partial charge in [0.15, 0.2) is 0 Å². The summed E-state index contributed by atoms with van der Waals surface area (Å²) < 4.78 is 8.01. The fraction of sp³-hybridized carbons (Fsp3) is 0.348. The molecule has 1 aromatic heterocycles. The molecule has 3 aromatic rings. The highest BCUT2D eigenvalue weighted by atomic mass is 16.6. The second kappa shape index (κ2) is 7.06. The van der Waals surface area contributed by atoms with Gasteiger partial charge in [-0.3, -0.25) is 4.90 Å². The van der Waals surface area contributed by atoms with Crippen molar-refractivity contribution < 1.29 is 14.6 Å². The van der Waals surface area contributed by atoms with Crippen molar-refractivity contribution in [1.82, 2.24) is 9.55 Å². The molecule has 2 aromatic carbocycles. The number of phenols is 1. The third-order valence-corrected chi connectivity index (χ3v) is 6.22. The quantitative estimate of drug-likeness (QED) is 0.709. The minimum Gasteiger partial charge on any atom is -0.508 e. The number of rotatable bonds is 3. The molecule has 7 nitrogen and oxygen atoms in total. The van der Waals surface area contributed by atoms with Gasteiger partial charge in [0.1, 0.15) is 11.4 Å². The van der Waals surface area contributed by atoms with Crippen molar-refractivity contribution in [3.05, 3.63) is 54.4 Å². The largest absolute Gasteiger partial charge is 0.508 e. The summed E-state index contributed by atoms with van der Waals surface area (Å²) in [6.45, 7) is 1.27. The van der Waals surface area contributed by atoms with Crippen molar-refractivity contribution >= 4 is 22.8 Å². The highest BCUT2D eigenvalue weighted by molar-refractivity contribution is 5.90. The minimum absolute atomic E-state index is 0.131. The number of carbonyl (C=O) groups excluding carboxylic acids is 1. The van der Waals surface area contributed by atoms with Crippen molar-refractivity contribution in [2.24, 2.45) is 5.92 Å². The summed E-state index contributed by atoms with van der Waals surface area (Å²) >= 11 is 0. The van der Waals surface area contributed by atoms with Gasteiger partial charge in [-0.1, -0.05) is 6.07 Å². The zero-order valence-electron chi connectivity index (χ0n) is 16.5. The van der Waals surface area contributed by atoms with Gasteiger partial charge in [-0.15, -0.1) is 0 Å². The van der Waals surface area contributed by atoms with Crippen LogP contribution >= 0.6 is 0 Å². The van der Waals surface area contributed by atoms with Gasteiger partial charge in [0.2, 0.25) is 0 Å². The van der Waals surface area contributed by atoms with Crippen LogP contribution in [0.2, 0.25) is 0 Å². The number of anilines is 1. The minimum atomic E-state index is -0.500. The number of ether oxygens (including phenoxy) is 1. The Kier molecular flexibility index (Phi) is 4.35. The van der Waals surface area contributed by atoms with Gasteiger partial charge in [0.25, 0.3) is 0 Å². The van der Waals surface area contributed by atoms with E-state index >= 15 is 0 Å². The molecule has 7 heteroatoms. The zero-order valence-corrected chi connectivity index (χ0v) is 16.5. The molecule has 1 saturated heterocycles. The topological polar surface area (TPSA) is 91.4 Å². The number of aromatic nitrogens is 2. The Labute approximate surface area is 174 Å². The lowest BCUT2D eigenvalue weighted by molar-refractivity contribution is 0.00439. The highest BCUT2D eigenvalue weighted by Gasteiger charge is 2.48. The van der Waals surface area contributed by atoms with E-state index in [1.807, 2.05) is 24.5 Å². The molecular formula is C23H22N4O3. The lowest BCUT2D eigenvalue weighted by Crippen LogP contribution is -2.40. The SMILES string of the molecule is N#Cc1ccc2ncn(C[C@H]3CCC[C@]4(C3)CN(c3cccc(O)c3)C(=O)O4)c2c1. The van der Waals surface area contributed by atoms with Crippen LogP contribution in [0.15, 0.2) is 48.8 Å². The Morgan fingerprint density at radius 1 is 1.30 bits per heavy atom. The van der Waals surface area contributed by atoms with Crippen LogP contribution in [0.5, 0.6) is 5.75 Å². The van der Waals surface area contributed by atoms with Crippen molar-refractivity contribution in [3.8, 4) is 11.8 Å². The average Bonchev–Trinajstić information content (AvgIpc) is 3.28. The molecule has 5 rings (SSSR count). The fourth-order valence-corrected chi connectivity index (χ4v) is 4.87. The molecule has 0 radical (unpaired) electrons. The predicted molar refractivity (Wildman–Crippen MR) is 111 cm³/mol. The number of benzene rings is 2. The summed E-state index contributed by atoms with van der Waals surface area (Å²) in [5.41, 5.74) is 2.61. The van der Waals surface area contributed by atoms with Gasteiger partial charge in [-0.25, -0.2) is 9.78 Å². The molecule has 0 unspecified atom stereocenters. The van der Waals surface area contributed by atoms with Crippen LogP contribution in [0.3, 0.4) is 0 Å². The Hall–Kier alpha value is -3.53. The number of hydrogen-bond donors (Lipinski definition) is 1. The molecule has 2 aliphatic rings. The summed E-state index contributed by atoms with van der Waals surface area (Å²) in [7, 11) is 0. The molecule has 1 aliphatic carbocycles. The van der Waals surface area contributed by atoms with Crippen LogP contribution in [0.1, 0.15) is 31.2 Å². The molecule has 2 atom stereocenters. The van der Waals surface area contributed by atoms with Crippen LogP contribution in [0.25, 0.3) is 11.0 Å². The normalized spacial score (nSPS) is 23.6. The van der Waals surface area contributed by atoms with Crippen molar-refractivity contribution in [3.63, 3.8) is 0 Å². The Bertz CT molecular complexity index is 1160. The molecular weight excluding hydrogens is 380 g/mol. The number of nitriles is 1. The first-order valence-corrected chi connectivity index (χ1v) is 10.2. The summed E-state index contributed by atoms with van der Waals surface area (Å²) in [5, 5.41) is 19.0. The first-order valence-electron chi connectivity index (χ1n) is 10.2. The second-order valence-electron chi connectivity index (χ2n) is 8.33. The molecule has 1 spiro atoms. The average molecular weight is 402 g/mol. The number of imidazole rings is 1. The zero-order chi connectivity index (χ0) is 20.7.